The Bertz CT molecular complexity index is 1200. The number of hydrogen-bond acceptors (Lipinski definition) is 6. The van der Waals surface area contributed by atoms with Crippen LogP contribution in [0.3, 0.4) is 0 Å². The maximum absolute atomic E-state index is 13.2. The molecular formula is C24H25FN2O6S. The summed E-state index contributed by atoms with van der Waals surface area (Å²) in [7, 11) is -1.32. The largest absolute Gasteiger partial charge is 0.493 e. The minimum Gasteiger partial charge on any atom is -0.493 e. The molecule has 0 fully saturated rings. The first kappa shape index (κ1) is 25.0. The van der Waals surface area contributed by atoms with Crippen LogP contribution in [0.1, 0.15) is 5.56 Å². The minimum absolute atomic E-state index is 0.0560. The van der Waals surface area contributed by atoms with Crippen molar-refractivity contribution in [3.63, 3.8) is 0 Å². The minimum atomic E-state index is -4.24. The van der Waals surface area contributed by atoms with Gasteiger partial charge in [-0.05, 0) is 54.1 Å². The number of benzene rings is 3. The fourth-order valence-corrected chi connectivity index (χ4v) is 3.98. The summed E-state index contributed by atoms with van der Waals surface area (Å²) in [5.41, 5.74) is 1.24. The molecule has 0 saturated heterocycles. The van der Waals surface area contributed by atoms with Crippen molar-refractivity contribution in [2.45, 2.75) is 11.4 Å². The van der Waals surface area contributed by atoms with E-state index < -0.39 is 15.9 Å². The maximum atomic E-state index is 13.2. The molecule has 0 bridgehead atoms. The average Bonchev–Trinajstić information content (AvgIpc) is 2.82. The maximum Gasteiger partial charge on any atom is 0.339 e. The van der Waals surface area contributed by atoms with Gasteiger partial charge >= 0.3 is 16.1 Å². The highest BCUT2D eigenvalue weighted by atomic mass is 32.2. The van der Waals surface area contributed by atoms with E-state index in [1.165, 1.54) is 25.2 Å². The van der Waals surface area contributed by atoms with Gasteiger partial charge in [0.25, 0.3) is 0 Å². The highest BCUT2D eigenvalue weighted by Crippen LogP contribution is 2.31. The molecule has 0 unspecified atom stereocenters. The van der Waals surface area contributed by atoms with Gasteiger partial charge in [0, 0.05) is 25.9 Å². The van der Waals surface area contributed by atoms with E-state index in [4.69, 9.17) is 13.7 Å². The van der Waals surface area contributed by atoms with Crippen LogP contribution in [0.15, 0.2) is 77.7 Å². The van der Waals surface area contributed by atoms with Crippen molar-refractivity contribution in [3.05, 3.63) is 84.2 Å². The van der Waals surface area contributed by atoms with Crippen molar-refractivity contribution in [1.82, 2.24) is 4.90 Å². The fraction of sp³-hybridized carbons (Fsp3) is 0.208. The molecule has 0 radical (unpaired) electrons. The highest BCUT2D eigenvalue weighted by Gasteiger charge is 2.21. The summed E-state index contributed by atoms with van der Waals surface area (Å²) >= 11 is 0. The summed E-state index contributed by atoms with van der Waals surface area (Å²) < 4.78 is 54.2. The third-order valence-corrected chi connectivity index (χ3v) is 6.03. The molecule has 0 saturated carbocycles. The Morgan fingerprint density at radius 3 is 2.32 bits per heavy atom. The van der Waals surface area contributed by atoms with Crippen molar-refractivity contribution >= 4 is 21.8 Å². The Morgan fingerprint density at radius 2 is 1.68 bits per heavy atom. The van der Waals surface area contributed by atoms with Crippen LogP contribution in [0.5, 0.6) is 11.5 Å². The van der Waals surface area contributed by atoms with Crippen molar-refractivity contribution in [2.24, 2.45) is 0 Å². The van der Waals surface area contributed by atoms with Gasteiger partial charge in [0.15, 0.2) is 11.5 Å². The quantitative estimate of drug-likeness (QED) is 0.428. The van der Waals surface area contributed by atoms with E-state index in [1.807, 2.05) is 18.2 Å². The van der Waals surface area contributed by atoms with Gasteiger partial charge in [-0.2, -0.15) is 8.42 Å². The van der Waals surface area contributed by atoms with E-state index in [-0.39, 0.29) is 29.0 Å². The molecule has 1 N–H and O–H groups in total. The normalized spacial score (nSPS) is 11.0. The molecule has 10 heteroatoms. The second-order valence-corrected chi connectivity index (χ2v) is 8.73. The molecule has 3 aromatic rings. The van der Waals surface area contributed by atoms with Crippen molar-refractivity contribution in [3.8, 4) is 11.5 Å². The van der Waals surface area contributed by atoms with Gasteiger partial charge in [-0.1, -0.05) is 24.3 Å². The van der Waals surface area contributed by atoms with Crippen LogP contribution < -0.4 is 14.2 Å². The molecule has 0 spiro atoms. The number of amides is 2. The second kappa shape index (κ2) is 11.5. The summed E-state index contributed by atoms with van der Waals surface area (Å²) in [4.78, 5) is 14.2. The molecule has 180 valence electrons. The first-order valence-electron chi connectivity index (χ1n) is 10.3. The van der Waals surface area contributed by atoms with Gasteiger partial charge in [0.2, 0.25) is 0 Å². The molecule has 0 aliphatic heterocycles. The molecular weight excluding hydrogens is 463 g/mol. The number of urea groups is 1. The Labute approximate surface area is 198 Å². The van der Waals surface area contributed by atoms with Crippen molar-refractivity contribution in [2.75, 3.05) is 32.7 Å². The molecule has 2 amide bonds. The number of carbonyl (C=O) groups excluding carboxylic acids is 1. The Balaban J connectivity index is 1.83. The van der Waals surface area contributed by atoms with Crippen LogP contribution in [-0.2, 0) is 21.4 Å². The zero-order valence-electron chi connectivity index (χ0n) is 18.7. The van der Waals surface area contributed by atoms with Crippen molar-refractivity contribution in [1.29, 1.82) is 0 Å². The number of methoxy groups -OCH3 is 2. The number of anilines is 1. The standard InChI is InChI=1S/C24H25FN2O6S/c1-31-15-14-27(24(28)26-20-6-4-3-5-7-20)17-18-8-13-22(32-2)23(16-18)33-34(29,30)21-11-9-19(25)10-12-21/h3-13,16H,14-15,17H2,1-2H3,(H,26,28). The van der Waals surface area contributed by atoms with Crippen LogP contribution in [0.4, 0.5) is 14.9 Å². The van der Waals surface area contributed by atoms with E-state index in [0.717, 1.165) is 24.3 Å². The van der Waals surface area contributed by atoms with Crippen LogP contribution in [-0.4, -0.2) is 46.7 Å². The van der Waals surface area contributed by atoms with Crippen molar-refractivity contribution < 1.29 is 31.3 Å². The van der Waals surface area contributed by atoms with Crippen LogP contribution in [0, 0.1) is 5.82 Å². The van der Waals surface area contributed by atoms with E-state index in [2.05, 4.69) is 5.32 Å². The smallest absolute Gasteiger partial charge is 0.339 e. The van der Waals surface area contributed by atoms with E-state index in [9.17, 15) is 17.6 Å². The molecule has 0 atom stereocenters. The lowest BCUT2D eigenvalue weighted by Gasteiger charge is -2.23. The molecule has 0 aromatic heterocycles. The lowest BCUT2D eigenvalue weighted by molar-refractivity contribution is 0.153. The van der Waals surface area contributed by atoms with Gasteiger partial charge in [-0.15, -0.1) is 0 Å². The lowest BCUT2D eigenvalue weighted by Crippen LogP contribution is -2.36. The van der Waals surface area contributed by atoms with E-state index >= 15 is 0 Å². The second-order valence-electron chi connectivity index (χ2n) is 7.19. The number of para-hydroxylation sites is 1. The summed E-state index contributed by atoms with van der Waals surface area (Å²) in [6.45, 7) is 0.755. The zero-order valence-corrected chi connectivity index (χ0v) is 19.5. The average molecular weight is 489 g/mol. The number of nitrogens with one attached hydrogen (secondary N) is 1. The molecule has 3 aromatic carbocycles. The number of rotatable bonds is 10. The summed E-state index contributed by atoms with van der Waals surface area (Å²) in [6.07, 6.45) is 0. The topological polar surface area (TPSA) is 94.2 Å². The zero-order chi connectivity index (χ0) is 24.6. The monoisotopic (exact) mass is 488 g/mol. The first-order valence-corrected chi connectivity index (χ1v) is 11.7. The first-order chi connectivity index (χ1) is 16.3. The lowest BCUT2D eigenvalue weighted by atomic mass is 10.2. The summed E-state index contributed by atoms with van der Waals surface area (Å²) in [5.74, 6) is -0.436. The van der Waals surface area contributed by atoms with Gasteiger partial charge in [0.05, 0.1) is 13.7 Å². The van der Waals surface area contributed by atoms with Gasteiger partial charge in [0.1, 0.15) is 10.7 Å². The summed E-state index contributed by atoms with van der Waals surface area (Å²) in [5, 5.41) is 2.82. The van der Waals surface area contributed by atoms with E-state index in [1.54, 1.807) is 24.3 Å². The molecule has 34 heavy (non-hydrogen) atoms. The van der Waals surface area contributed by atoms with Gasteiger partial charge in [-0.25, -0.2) is 9.18 Å². The van der Waals surface area contributed by atoms with Crippen LogP contribution in [0.25, 0.3) is 0 Å². The number of ether oxygens (including phenoxy) is 2. The SMILES string of the molecule is COCCN(Cc1ccc(OC)c(OS(=O)(=O)c2ccc(F)cc2)c1)C(=O)Nc1ccccc1. The molecule has 0 aliphatic rings. The predicted octanol–water partition coefficient (Wildman–Crippen LogP) is 4.28. The number of halogens is 1. The molecule has 0 aliphatic carbocycles. The van der Waals surface area contributed by atoms with Gasteiger partial charge in [-0.3, -0.25) is 0 Å². The predicted molar refractivity (Wildman–Crippen MR) is 125 cm³/mol. The number of carbonyl (C=O) groups is 1. The molecule has 0 heterocycles. The Morgan fingerprint density at radius 1 is 0.971 bits per heavy atom. The third-order valence-electron chi connectivity index (χ3n) is 4.78. The van der Waals surface area contributed by atoms with E-state index in [0.29, 0.717) is 24.4 Å². The Hall–Kier alpha value is -3.63. The Kier molecular flexibility index (Phi) is 8.44. The molecule has 3 rings (SSSR count). The fourth-order valence-electron chi connectivity index (χ4n) is 3.05. The van der Waals surface area contributed by atoms with Gasteiger partial charge < -0.3 is 23.9 Å². The van der Waals surface area contributed by atoms with Crippen LogP contribution >= 0.6 is 0 Å². The highest BCUT2D eigenvalue weighted by molar-refractivity contribution is 7.87. The number of hydrogen-bond donors (Lipinski definition) is 1. The summed E-state index contributed by atoms with van der Waals surface area (Å²) in [6, 6.07) is 17.7. The molecule has 8 nitrogen and oxygen atoms in total. The number of nitrogens with zero attached hydrogens (tertiary/aromatic N) is 1. The van der Waals surface area contributed by atoms with Crippen LogP contribution in [0.2, 0.25) is 0 Å². The third kappa shape index (κ3) is 6.69.